The second-order valence-electron chi connectivity index (χ2n) is 7.23. The molecule has 33 heavy (non-hydrogen) atoms. The van der Waals surface area contributed by atoms with Crippen LogP contribution in [-0.2, 0) is 16.1 Å². The fourth-order valence-corrected chi connectivity index (χ4v) is 3.63. The molecule has 0 saturated carbocycles. The Hall–Kier alpha value is -4.33. The number of anilines is 1. The zero-order valence-electron chi connectivity index (χ0n) is 18.5. The summed E-state index contributed by atoms with van der Waals surface area (Å²) in [6.07, 6.45) is 3.24. The molecule has 1 aromatic heterocycles. The molecule has 0 aliphatic carbocycles. The van der Waals surface area contributed by atoms with Crippen LogP contribution in [0.2, 0.25) is 0 Å². The molecule has 8 heteroatoms. The van der Waals surface area contributed by atoms with Crippen molar-refractivity contribution in [2.24, 2.45) is 0 Å². The fourth-order valence-electron chi connectivity index (χ4n) is 3.63. The molecular weight excluding hydrogens is 422 g/mol. The molecule has 1 aliphatic rings. The smallest absolute Gasteiger partial charge is 0.278 e. The van der Waals surface area contributed by atoms with Gasteiger partial charge in [0.25, 0.3) is 11.8 Å². The van der Waals surface area contributed by atoms with Crippen molar-refractivity contribution < 1.29 is 23.8 Å². The minimum absolute atomic E-state index is 0.117. The number of benzene rings is 2. The van der Waals surface area contributed by atoms with Gasteiger partial charge in [0.15, 0.2) is 0 Å². The summed E-state index contributed by atoms with van der Waals surface area (Å²) >= 11 is 0. The third kappa shape index (κ3) is 4.36. The number of ether oxygens (including phenoxy) is 3. The lowest BCUT2D eigenvalue weighted by atomic mass is 10.0. The molecule has 0 saturated heterocycles. The van der Waals surface area contributed by atoms with E-state index in [-0.39, 0.29) is 17.8 Å². The number of imide groups is 1. The Morgan fingerprint density at radius 3 is 2.15 bits per heavy atom. The zero-order chi connectivity index (χ0) is 23.4. The minimum atomic E-state index is -0.445. The third-order valence-corrected chi connectivity index (χ3v) is 5.26. The maximum Gasteiger partial charge on any atom is 0.278 e. The highest BCUT2D eigenvalue weighted by Crippen LogP contribution is 2.37. The van der Waals surface area contributed by atoms with E-state index in [9.17, 15) is 9.59 Å². The van der Waals surface area contributed by atoms with Crippen molar-refractivity contribution in [1.29, 1.82) is 0 Å². The number of methoxy groups -OCH3 is 3. The number of pyridine rings is 1. The van der Waals surface area contributed by atoms with Crippen molar-refractivity contribution in [3.63, 3.8) is 0 Å². The van der Waals surface area contributed by atoms with Gasteiger partial charge in [-0.3, -0.25) is 19.5 Å². The lowest BCUT2D eigenvalue weighted by Crippen LogP contribution is -2.32. The summed E-state index contributed by atoms with van der Waals surface area (Å²) in [5.41, 5.74) is 2.23. The van der Waals surface area contributed by atoms with Gasteiger partial charge in [-0.15, -0.1) is 0 Å². The van der Waals surface area contributed by atoms with Crippen molar-refractivity contribution in [3.8, 4) is 17.2 Å². The monoisotopic (exact) mass is 445 g/mol. The summed E-state index contributed by atoms with van der Waals surface area (Å²) < 4.78 is 16.1. The molecule has 0 radical (unpaired) electrons. The SMILES string of the molecule is COc1cc(NC2=C(c3ccccc3OC)C(=O)N(Cc3ccncc3)C2=O)cc(OC)c1. The van der Waals surface area contributed by atoms with Gasteiger partial charge in [-0.2, -0.15) is 0 Å². The standard InChI is InChI=1S/C25H23N3O5/c1-31-18-12-17(13-19(14-18)32-2)27-23-22(20-6-4-5-7-21(20)33-3)24(29)28(25(23)30)15-16-8-10-26-11-9-16/h4-14,27H,15H2,1-3H3. The lowest BCUT2D eigenvalue weighted by Gasteiger charge is -2.15. The van der Waals surface area contributed by atoms with Crippen molar-refractivity contribution in [3.05, 3.63) is 83.8 Å². The van der Waals surface area contributed by atoms with E-state index in [1.54, 1.807) is 81.2 Å². The van der Waals surface area contributed by atoms with Gasteiger partial charge in [-0.05, 0) is 23.8 Å². The van der Waals surface area contributed by atoms with E-state index in [4.69, 9.17) is 14.2 Å². The van der Waals surface area contributed by atoms with Crippen LogP contribution in [0.1, 0.15) is 11.1 Å². The third-order valence-electron chi connectivity index (χ3n) is 5.26. The summed E-state index contributed by atoms with van der Waals surface area (Å²) in [5, 5.41) is 3.13. The van der Waals surface area contributed by atoms with Gasteiger partial charge in [0.05, 0.1) is 33.4 Å². The van der Waals surface area contributed by atoms with Crippen molar-refractivity contribution in [1.82, 2.24) is 9.88 Å². The first-order chi connectivity index (χ1) is 16.0. The lowest BCUT2D eigenvalue weighted by molar-refractivity contribution is -0.137. The van der Waals surface area contributed by atoms with Gasteiger partial charge in [0.2, 0.25) is 0 Å². The average molecular weight is 445 g/mol. The van der Waals surface area contributed by atoms with Gasteiger partial charge < -0.3 is 19.5 Å². The van der Waals surface area contributed by atoms with Crippen molar-refractivity contribution in [2.45, 2.75) is 6.54 Å². The van der Waals surface area contributed by atoms with E-state index < -0.39 is 11.8 Å². The van der Waals surface area contributed by atoms with Crippen LogP contribution in [0.25, 0.3) is 5.57 Å². The Balaban J connectivity index is 1.80. The van der Waals surface area contributed by atoms with E-state index in [1.807, 2.05) is 0 Å². The highest BCUT2D eigenvalue weighted by molar-refractivity contribution is 6.36. The van der Waals surface area contributed by atoms with Crippen LogP contribution in [0.15, 0.2) is 72.7 Å². The Morgan fingerprint density at radius 2 is 1.52 bits per heavy atom. The number of aromatic nitrogens is 1. The van der Waals surface area contributed by atoms with E-state index in [1.165, 1.54) is 12.0 Å². The summed E-state index contributed by atoms with van der Waals surface area (Å²) in [6.45, 7) is 0.117. The number of para-hydroxylation sites is 1. The first-order valence-electron chi connectivity index (χ1n) is 10.2. The van der Waals surface area contributed by atoms with Gasteiger partial charge in [0.1, 0.15) is 22.9 Å². The molecule has 0 bridgehead atoms. The molecule has 8 nitrogen and oxygen atoms in total. The molecule has 0 fully saturated rings. The van der Waals surface area contributed by atoms with Gasteiger partial charge >= 0.3 is 0 Å². The van der Waals surface area contributed by atoms with Crippen LogP contribution in [0, 0.1) is 0 Å². The average Bonchev–Trinajstić information content (AvgIpc) is 3.08. The van der Waals surface area contributed by atoms with E-state index in [0.29, 0.717) is 28.5 Å². The number of nitrogens with one attached hydrogen (secondary N) is 1. The van der Waals surface area contributed by atoms with Crippen molar-refractivity contribution in [2.75, 3.05) is 26.6 Å². The largest absolute Gasteiger partial charge is 0.497 e. The second-order valence-corrected chi connectivity index (χ2v) is 7.23. The number of rotatable bonds is 8. The van der Waals surface area contributed by atoms with Gasteiger partial charge in [0, 0.05) is 41.8 Å². The number of amides is 2. The molecule has 0 unspecified atom stereocenters. The molecular formula is C25H23N3O5. The molecule has 1 aliphatic heterocycles. The van der Waals surface area contributed by atoms with Crippen LogP contribution >= 0.6 is 0 Å². The molecule has 1 N–H and O–H groups in total. The number of carbonyl (C=O) groups excluding carboxylic acids is 2. The van der Waals surface area contributed by atoms with Gasteiger partial charge in [-0.1, -0.05) is 18.2 Å². The predicted octanol–water partition coefficient (Wildman–Crippen LogP) is 3.50. The maximum absolute atomic E-state index is 13.5. The fraction of sp³-hybridized carbons (Fsp3) is 0.160. The summed E-state index contributed by atoms with van der Waals surface area (Å²) in [6, 6.07) is 15.8. The van der Waals surface area contributed by atoms with E-state index in [0.717, 1.165) is 5.56 Å². The Labute approximate surface area is 191 Å². The Bertz CT molecular complexity index is 1200. The highest BCUT2D eigenvalue weighted by atomic mass is 16.5. The predicted molar refractivity (Wildman–Crippen MR) is 123 cm³/mol. The highest BCUT2D eigenvalue weighted by Gasteiger charge is 2.40. The van der Waals surface area contributed by atoms with Crippen LogP contribution in [-0.4, -0.2) is 43.0 Å². The summed E-state index contributed by atoms with van der Waals surface area (Å²) in [4.78, 5) is 32.2. The van der Waals surface area contributed by atoms with Crippen LogP contribution < -0.4 is 19.5 Å². The van der Waals surface area contributed by atoms with Crippen LogP contribution in [0.3, 0.4) is 0 Å². The Kier molecular flexibility index (Phi) is 6.26. The second kappa shape index (κ2) is 9.44. The molecule has 4 rings (SSSR count). The molecule has 0 atom stereocenters. The van der Waals surface area contributed by atoms with Crippen molar-refractivity contribution >= 4 is 23.1 Å². The molecule has 0 spiro atoms. The van der Waals surface area contributed by atoms with Crippen LogP contribution in [0.4, 0.5) is 5.69 Å². The number of nitrogens with zero attached hydrogens (tertiary/aromatic N) is 2. The minimum Gasteiger partial charge on any atom is -0.497 e. The van der Waals surface area contributed by atoms with E-state index >= 15 is 0 Å². The normalized spacial score (nSPS) is 13.4. The molecule has 168 valence electrons. The zero-order valence-corrected chi connectivity index (χ0v) is 18.5. The number of hydrogen-bond donors (Lipinski definition) is 1. The first-order valence-corrected chi connectivity index (χ1v) is 10.2. The van der Waals surface area contributed by atoms with E-state index in [2.05, 4.69) is 10.3 Å². The van der Waals surface area contributed by atoms with Crippen LogP contribution in [0.5, 0.6) is 17.2 Å². The maximum atomic E-state index is 13.5. The summed E-state index contributed by atoms with van der Waals surface area (Å²) in [5.74, 6) is 0.712. The summed E-state index contributed by atoms with van der Waals surface area (Å²) in [7, 11) is 4.60. The first kappa shape index (κ1) is 21.9. The molecule has 2 aromatic carbocycles. The molecule has 2 heterocycles. The topological polar surface area (TPSA) is 90.0 Å². The number of hydrogen-bond acceptors (Lipinski definition) is 7. The van der Waals surface area contributed by atoms with Gasteiger partial charge in [-0.25, -0.2) is 0 Å². The molecule has 3 aromatic rings. The Morgan fingerprint density at radius 1 is 0.848 bits per heavy atom. The molecule has 2 amide bonds. The number of carbonyl (C=O) groups is 2. The quantitative estimate of drug-likeness (QED) is 0.531.